The van der Waals surface area contributed by atoms with Crippen LogP contribution in [0.4, 0.5) is 5.69 Å². The molecule has 0 bridgehead atoms. The minimum atomic E-state index is -3.34. The maximum Gasteiger partial charge on any atom is 0.340 e. The second kappa shape index (κ2) is 10.1. The van der Waals surface area contributed by atoms with Crippen molar-refractivity contribution >= 4 is 33.7 Å². The zero-order valence-electron chi connectivity index (χ0n) is 17.8. The number of furan rings is 1. The molecule has 0 fully saturated rings. The quantitative estimate of drug-likeness (QED) is 0.453. The van der Waals surface area contributed by atoms with Crippen LogP contribution in [0.1, 0.15) is 21.9 Å². The van der Waals surface area contributed by atoms with Crippen molar-refractivity contribution < 1.29 is 36.6 Å². The Hall–Kier alpha value is -3.31. The summed E-state index contributed by atoms with van der Waals surface area (Å²) in [6, 6.07) is 6.07. The van der Waals surface area contributed by atoms with Gasteiger partial charge in [0.1, 0.15) is 11.5 Å². The number of hydrogen-bond acceptors (Lipinski definition) is 8. The highest BCUT2D eigenvalue weighted by Crippen LogP contribution is 2.33. The smallest absolute Gasteiger partial charge is 0.340 e. The first-order valence-electron chi connectivity index (χ1n) is 8.92. The van der Waals surface area contributed by atoms with E-state index >= 15 is 0 Å². The molecule has 11 heteroatoms. The van der Waals surface area contributed by atoms with Crippen molar-refractivity contribution in [3.63, 3.8) is 0 Å². The Balaban J connectivity index is 2.17. The molecule has 1 heterocycles. The molecule has 0 aliphatic rings. The summed E-state index contributed by atoms with van der Waals surface area (Å²) < 4.78 is 44.7. The highest BCUT2D eigenvalue weighted by Gasteiger charge is 2.19. The lowest BCUT2D eigenvalue weighted by molar-refractivity contribution is -0.111. The first-order chi connectivity index (χ1) is 14.6. The first-order valence-corrected chi connectivity index (χ1v) is 10.8. The van der Waals surface area contributed by atoms with Crippen molar-refractivity contribution in [2.45, 2.75) is 6.54 Å². The van der Waals surface area contributed by atoms with Crippen molar-refractivity contribution in [2.75, 3.05) is 39.9 Å². The Morgan fingerprint density at radius 3 is 2.35 bits per heavy atom. The Kier molecular flexibility index (Phi) is 7.83. The molecule has 168 valence electrons. The number of anilines is 1. The third-order valence-electron chi connectivity index (χ3n) is 4.21. The van der Waals surface area contributed by atoms with Gasteiger partial charge in [-0.05, 0) is 18.2 Å². The topological polar surface area (TPSA) is 124 Å². The molecule has 2 rings (SSSR count). The number of rotatable bonds is 9. The molecule has 0 radical (unpaired) electrons. The Bertz CT molecular complexity index is 1090. The number of benzene rings is 1. The van der Waals surface area contributed by atoms with Gasteiger partial charge in [-0.25, -0.2) is 13.2 Å². The summed E-state index contributed by atoms with van der Waals surface area (Å²) in [4.78, 5) is 24.4. The average Bonchev–Trinajstić information content (AvgIpc) is 3.17. The lowest BCUT2D eigenvalue weighted by Crippen LogP contribution is -2.24. The predicted octanol–water partition coefficient (Wildman–Crippen LogP) is 2.13. The van der Waals surface area contributed by atoms with Gasteiger partial charge in [-0.2, -0.15) is 4.31 Å². The van der Waals surface area contributed by atoms with Crippen molar-refractivity contribution in [1.82, 2.24) is 4.31 Å². The molecular weight excluding hydrogens is 428 g/mol. The van der Waals surface area contributed by atoms with E-state index in [1.54, 1.807) is 12.1 Å². The monoisotopic (exact) mass is 452 g/mol. The predicted molar refractivity (Wildman–Crippen MR) is 114 cm³/mol. The summed E-state index contributed by atoms with van der Waals surface area (Å²) in [5, 5.41) is 2.59. The molecule has 1 N–H and O–H groups in total. The molecule has 2 aromatic rings. The SMILES string of the molecule is COC(=O)c1cc(OC)c(OC)cc1NC(=O)/C=C/c1ccc(CN(C)S(C)(=O)=O)o1. The zero-order valence-corrected chi connectivity index (χ0v) is 18.6. The van der Waals surface area contributed by atoms with Crippen LogP contribution in [0.3, 0.4) is 0 Å². The molecule has 0 saturated heterocycles. The number of nitrogens with one attached hydrogen (secondary N) is 1. The van der Waals surface area contributed by atoms with E-state index in [-0.39, 0.29) is 17.8 Å². The summed E-state index contributed by atoms with van der Waals surface area (Å²) in [7, 11) is 2.16. The normalized spacial score (nSPS) is 11.5. The van der Waals surface area contributed by atoms with Crippen molar-refractivity contribution in [1.29, 1.82) is 0 Å². The van der Waals surface area contributed by atoms with Crippen LogP contribution in [-0.4, -0.2) is 59.2 Å². The number of sulfonamides is 1. The van der Waals surface area contributed by atoms with E-state index in [0.717, 1.165) is 10.6 Å². The zero-order chi connectivity index (χ0) is 23.2. The molecule has 0 aliphatic carbocycles. The van der Waals surface area contributed by atoms with Crippen LogP contribution in [0, 0.1) is 0 Å². The molecule has 10 nitrogen and oxygen atoms in total. The van der Waals surface area contributed by atoms with Crippen LogP contribution < -0.4 is 14.8 Å². The first kappa shape index (κ1) is 24.0. The van der Waals surface area contributed by atoms with Crippen LogP contribution >= 0.6 is 0 Å². The van der Waals surface area contributed by atoms with Gasteiger partial charge < -0.3 is 23.9 Å². The fourth-order valence-electron chi connectivity index (χ4n) is 2.50. The largest absolute Gasteiger partial charge is 0.493 e. The summed E-state index contributed by atoms with van der Waals surface area (Å²) in [6.07, 6.45) is 3.72. The summed E-state index contributed by atoms with van der Waals surface area (Å²) in [5.41, 5.74) is 0.264. The van der Waals surface area contributed by atoms with E-state index in [2.05, 4.69) is 5.32 Å². The van der Waals surface area contributed by atoms with Gasteiger partial charge in [0.2, 0.25) is 15.9 Å². The molecular formula is C20H24N2O8S. The van der Waals surface area contributed by atoms with E-state index in [0.29, 0.717) is 23.0 Å². The minimum absolute atomic E-state index is 0.0625. The molecule has 0 atom stereocenters. The molecule has 0 unspecified atom stereocenters. The lowest BCUT2D eigenvalue weighted by atomic mass is 10.1. The van der Waals surface area contributed by atoms with Gasteiger partial charge in [-0.3, -0.25) is 4.79 Å². The molecule has 31 heavy (non-hydrogen) atoms. The molecule has 0 aliphatic heterocycles. The van der Waals surface area contributed by atoms with E-state index in [4.69, 9.17) is 18.6 Å². The third kappa shape index (κ3) is 6.33. The van der Waals surface area contributed by atoms with Gasteiger partial charge >= 0.3 is 5.97 Å². The van der Waals surface area contributed by atoms with E-state index < -0.39 is 21.9 Å². The van der Waals surface area contributed by atoms with E-state index in [9.17, 15) is 18.0 Å². The van der Waals surface area contributed by atoms with Crippen LogP contribution in [-0.2, 0) is 26.1 Å². The third-order valence-corrected chi connectivity index (χ3v) is 5.47. The van der Waals surface area contributed by atoms with Gasteiger partial charge in [0.25, 0.3) is 0 Å². The highest BCUT2D eigenvalue weighted by atomic mass is 32.2. The van der Waals surface area contributed by atoms with Crippen molar-refractivity contribution in [3.05, 3.63) is 47.4 Å². The van der Waals surface area contributed by atoms with Gasteiger partial charge in [-0.1, -0.05) is 0 Å². The molecule has 1 aromatic heterocycles. The van der Waals surface area contributed by atoms with Gasteiger partial charge in [0, 0.05) is 25.3 Å². The lowest BCUT2D eigenvalue weighted by Gasteiger charge is -2.14. The van der Waals surface area contributed by atoms with Crippen molar-refractivity contribution in [2.24, 2.45) is 0 Å². The van der Waals surface area contributed by atoms with Gasteiger partial charge in [0.05, 0.1) is 45.4 Å². The second-order valence-corrected chi connectivity index (χ2v) is 8.48. The standard InChI is InChI=1S/C20H24N2O8S/c1-22(31(5,25)26)12-14-7-6-13(30-14)8-9-19(23)21-16-11-18(28-3)17(27-2)10-15(16)20(24)29-4/h6-11H,12H2,1-5H3,(H,21,23)/b9-8+. The Morgan fingerprint density at radius 1 is 1.13 bits per heavy atom. The number of ether oxygens (including phenoxy) is 3. The molecule has 0 spiro atoms. The number of nitrogens with zero attached hydrogens (tertiary/aromatic N) is 1. The Morgan fingerprint density at radius 2 is 1.77 bits per heavy atom. The molecule has 1 aromatic carbocycles. The summed E-state index contributed by atoms with van der Waals surface area (Å²) in [6.45, 7) is 0.0625. The summed E-state index contributed by atoms with van der Waals surface area (Å²) in [5.74, 6) is 0.196. The minimum Gasteiger partial charge on any atom is -0.493 e. The Labute approximate surface area is 180 Å². The number of esters is 1. The average molecular weight is 452 g/mol. The number of amides is 1. The number of methoxy groups -OCH3 is 3. The van der Waals surface area contributed by atoms with Crippen LogP contribution in [0.15, 0.2) is 34.8 Å². The fraction of sp³-hybridized carbons (Fsp3) is 0.300. The van der Waals surface area contributed by atoms with E-state index in [1.807, 2.05) is 0 Å². The number of hydrogen-bond donors (Lipinski definition) is 1. The van der Waals surface area contributed by atoms with Gasteiger partial charge in [-0.15, -0.1) is 0 Å². The van der Waals surface area contributed by atoms with Gasteiger partial charge in [0.15, 0.2) is 11.5 Å². The second-order valence-electron chi connectivity index (χ2n) is 6.39. The maximum atomic E-state index is 12.4. The summed E-state index contributed by atoms with van der Waals surface area (Å²) >= 11 is 0. The van der Waals surface area contributed by atoms with E-state index in [1.165, 1.54) is 52.7 Å². The van der Waals surface area contributed by atoms with Crippen LogP contribution in [0.2, 0.25) is 0 Å². The fourth-order valence-corrected chi connectivity index (χ4v) is 2.86. The highest BCUT2D eigenvalue weighted by molar-refractivity contribution is 7.88. The van der Waals surface area contributed by atoms with Crippen molar-refractivity contribution in [3.8, 4) is 11.5 Å². The molecule has 1 amide bonds. The van der Waals surface area contributed by atoms with Crippen LogP contribution in [0.25, 0.3) is 6.08 Å². The number of carbonyl (C=O) groups is 2. The molecule has 0 saturated carbocycles. The maximum absolute atomic E-state index is 12.4. The van der Waals surface area contributed by atoms with Crippen LogP contribution in [0.5, 0.6) is 11.5 Å². The number of carbonyl (C=O) groups excluding carboxylic acids is 2.